The summed E-state index contributed by atoms with van der Waals surface area (Å²) in [5.74, 6) is -1.08. The van der Waals surface area contributed by atoms with Gasteiger partial charge < -0.3 is 25.2 Å². The van der Waals surface area contributed by atoms with Gasteiger partial charge >= 0.3 is 11.9 Å². The van der Waals surface area contributed by atoms with E-state index in [0.29, 0.717) is 25.9 Å². The summed E-state index contributed by atoms with van der Waals surface area (Å²) in [5.41, 5.74) is 0. The summed E-state index contributed by atoms with van der Waals surface area (Å²) in [4.78, 5) is 21.4. The maximum atomic E-state index is 11.2. The lowest BCUT2D eigenvalue weighted by Gasteiger charge is -2.04. The Labute approximate surface area is 125 Å². The van der Waals surface area contributed by atoms with E-state index in [1.807, 2.05) is 0 Å². The van der Waals surface area contributed by atoms with E-state index in [1.165, 1.54) is 0 Å². The van der Waals surface area contributed by atoms with Gasteiger partial charge in [0.25, 0.3) is 0 Å². The first-order valence-electron chi connectivity index (χ1n) is 7.28. The summed E-state index contributed by atoms with van der Waals surface area (Å²) in [6, 6.07) is 0. The van der Waals surface area contributed by atoms with Crippen molar-refractivity contribution in [2.45, 2.75) is 51.4 Å². The molecule has 0 radical (unpaired) electrons. The van der Waals surface area contributed by atoms with Gasteiger partial charge in [0.2, 0.25) is 0 Å². The van der Waals surface area contributed by atoms with Crippen LogP contribution in [-0.4, -0.2) is 58.8 Å². The van der Waals surface area contributed by atoms with Crippen molar-refractivity contribution in [3.8, 4) is 0 Å². The number of hydrogen-bond acceptors (Lipinski definition) is 6. The zero-order chi connectivity index (χ0) is 16.3. The second-order valence-electron chi connectivity index (χ2n) is 4.41. The van der Waals surface area contributed by atoms with Crippen LogP contribution in [0.4, 0.5) is 0 Å². The van der Waals surface area contributed by atoms with E-state index in [9.17, 15) is 9.59 Å². The monoisotopic (exact) mass is 308 g/mol. The predicted octanol–water partition coefficient (Wildman–Crippen LogP) is 0.698. The molecular formula is C14H28O7. The van der Waals surface area contributed by atoms with Crippen LogP contribution in [0.3, 0.4) is 0 Å². The van der Waals surface area contributed by atoms with Gasteiger partial charge in [-0.05, 0) is 32.1 Å². The van der Waals surface area contributed by atoms with Crippen molar-refractivity contribution in [3.63, 3.8) is 0 Å². The molecule has 21 heavy (non-hydrogen) atoms. The van der Waals surface area contributed by atoms with E-state index in [0.717, 1.165) is 25.7 Å². The molecule has 7 nitrogen and oxygen atoms in total. The zero-order valence-corrected chi connectivity index (χ0v) is 12.5. The van der Waals surface area contributed by atoms with Gasteiger partial charge in [0.15, 0.2) is 0 Å². The Bertz CT molecular complexity index is 241. The number of unbranched alkanes of at least 4 members (excludes halogenated alkanes) is 4. The fraction of sp³-hybridized carbons (Fsp3) is 0.857. The molecular weight excluding hydrogens is 280 g/mol. The van der Waals surface area contributed by atoms with E-state index < -0.39 is 5.97 Å². The van der Waals surface area contributed by atoms with Crippen LogP contribution in [0, 0.1) is 0 Å². The van der Waals surface area contributed by atoms with Crippen LogP contribution in [0.1, 0.15) is 51.4 Å². The highest BCUT2D eigenvalue weighted by Gasteiger charge is 2.03. The summed E-state index contributed by atoms with van der Waals surface area (Å²) >= 11 is 0. The van der Waals surface area contributed by atoms with E-state index in [1.54, 1.807) is 0 Å². The van der Waals surface area contributed by atoms with Gasteiger partial charge in [0.1, 0.15) is 0 Å². The lowest BCUT2D eigenvalue weighted by molar-refractivity contribution is -0.144. The largest absolute Gasteiger partial charge is 0.481 e. The molecule has 0 unspecified atom stereocenters. The van der Waals surface area contributed by atoms with Crippen molar-refractivity contribution in [1.29, 1.82) is 0 Å². The van der Waals surface area contributed by atoms with Crippen LogP contribution in [-0.2, 0) is 14.3 Å². The first-order valence-corrected chi connectivity index (χ1v) is 7.28. The molecule has 0 aromatic carbocycles. The molecule has 0 aliphatic heterocycles. The van der Waals surface area contributed by atoms with Crippen molar-refractivity contribution in [2.24, 2.45) is 0 Å². The smallest absolute Gasteiger partial charge is 0.305 e. The maximum absolute atomic E-state index is 11.2. The van der Waals surface area contributed by atoms with Crippen molar-refractivity contribution in [3.05, 3.63) is 0 Å². The minimum absolute atomic E-state index is 0.106. The Morgan fingerprint density at radius 2 is 1.29 bits per heavy atom. The number of aliphatic carboxylic acids is 1. The fourth-order valence-corrected chi connectivity index (χ4v) is 1.37. The lowest BCUT2D eigenvalue weighted by atomic mass is 10.2. The molecule has 0 amide bonds. The summed E-state index contributed by atoms with van der Waals surface area (Å²) < 4.78 is 4.98. The average molecular weight is 308 g/mol. The maximum Gasteiger partial charge on any atom is 0.305 e. The number of aliphatic hydroxyl groups is 3. The highest BCUT2D eigenvalue weighted by molar-refractivity contribution is 5.69. The molecule has 0 aromatic rings. The quantitative estimate of drug-likeness (QED) is 0.309. The topological polar surface area (TPSA) is 124 Å². The summed E-state index contributed by atoms with van der Waals surface area (Å²) in [5, 5.41) is 32.2. The Morgan fingerprint density at radius 3 is 1.81 bits per heavy atom. The second-order valence-corrected chi connectivity index (χ2v) is 4.41. The molecule has 0 aliphatic rings. The molecule has 7 heteroatoms. The summed E-state index contributed by atoms with van der Waals surface area (Å²) in [6.45, 7) is 0.382. The number of carbonyl (C=O) groups is 2. The van der Waals surface area contributed by atoms with E-state index in [-0.39, 0.29) is 32.2 Å². The van der Waals surface area contributed by atoms with Crippen molar-refractivity contribution in [1.82, 2.24) is 0 Å². The number of ether oxygens (including phenoxy) is 1. The summed E-state index contributed by atoms with van der Waals surface area (Å²) in [7, 11) is 0. The third-order valence-corrected chi connectivity index (χ3v) is 2.44. The predicted molar refractivity (Wildman–Crippen MR) is 76.8 cm³/mol. The number of carboxylic acid groups (broad SMARTS) is 1. The van der Waals surface area contributed by atoms with Gasteiger partial charge in [0.05, 0.1) is 19.8 Å². The van der Waals surface area contributed by atoms with Crippen molar-refractivity contribution in [2.75, 3.05) is 26.4 Å². The Balaban J connectivity index is 0. The number of esters is 1. The third-order valence-electron chi connectivity index (χ3n) is 2.44. The van der Waals surface area contributed by atoms with Crippen LogP contribution >= 0.6 is 0 Å². The van der Waals surface area contributed by atoms with E-state index in [2.05, 4.69) is 0 Å². The molecule has 126 valence electrons. The van der Waals surface area contributed by atoms with Crippen molar-refractivity contribution >= 4 is 11.9 Å². The standard InChI is InChI=1S/C12H22O5.C2H6O2/c13-9-5-1-2-6-10-17-12(16)8-4-3-7-11(14)15;3-1-2-4/h13H,1-10H2,(H,14,15);3-4H,1-2H2. The molecule has 0 aliphatic carbocycles. The number of hydrogen-bond donors (Lipinski definition) is 4. The van der Waals surface area contributed by atoms with E-state index >= 15 is 0 Å². The zero-order valence-electron chi connectivity index (χ0n) is 12.5. The molecule has 0 bridgehead atoms. The molecule has 0 atom stereocenters. The SMILES string of the molecule is O=C(O)CCCCC(=O)OCCCCCCO.OCCO. The number of carbonyl (C=O) groups excluding carboxylic acids is 1. The van der Waals surface area contributed by atoms with Gasteiger partial charge in [-0.15, -0.1) is 0 Å². The van der Waals surface area contributed by atoms with Crippen LogP contribution in [0.25, 0.3) is 0 Å². The van der Waals surface area contributed by atoms with Gasteiger partial charge in [-0.3, -0.25) is 9.59 Å². The van der Waals surface area contributed by atoms with Gasteiger partial charge in [-0.25, -0.2) is 0 Å². The molecule has 0 spiro atoms. The van der Waals surface area contributed by atoms with Crippen LogP contribution in [0.2, 0.25) is 0 Å². The van der Waals surface area contributed by atoms with Crippen LogP contribution in [0.5, 0.6) is 0 Å². The lowest BCUT2D eigenvalue weighted by Crippen LogP contribution is -2.06. The molecule has 0 saturated carbocycles. The normalized spacial score (nSPS) is 9.67. The highest BCUT2D eigenvalue weighted by atomic mass is 16.5. The number of carboxylic acids is 1. The molecule has 0 fully saturated rings. The first-order chi connectivity index (χ1) is 10.1. The molecule has 0 saturated heterocycles. The van der Waals surface area contributed by atoms with Gasteiger partial charge in [-0.1, -0.05) is 6.42 Å². The highest BCUT2D eigenvalue weighted by Crippen LogP contribution is 2.03. The van der Waals surface area contributed by atoms with Crippen molar-refractivity contribution < 1.29 is 34.8 Å². The summed E-state index contributed by atoms with van der Waals surface area (Å²) in [6.07, 6.45) is 5.00. The Kier molecular flexibility index (Phi) is 19.8. The van der Waals surface area contributed by atoms with Crippen LogP contribution < -0.4 is 0 Å². The van der Waals surface area contributed by atoms with Crippen LogP contribution in [0.15, 0.2) is 0 Å². The van der Waals surface area contributed by atoms with Gasteiger partial charge in [0, 0.05) is 19.4 Å². The molecule has 4 N–H and O–H groups in total. The Morgan fingerprint density at radius 1 is 0.714 bits per heavy atom. The number of rotatable bonds is 12. The van der Waals surface area contributed by atoms with E-state index in [4.69, 9.17) is 25.2 Å². The first kappa shape index (κ1) is 22.1. The average Bonchev–Trinajstić information content (AvgIpc) is 2.47. The minimum Gasteiger partial charge on any atom is -0.481 e. The fourth-order valence-electron chi connectivity index (χ4n) is 1.37. The van der Waals surface area contributed by atoms with Gasteiger partial charge in [-0.2, -0.15) is 0 Å². The Hall–Kier alpha value is -1.18. The third kappa shape index (κ3) is 24.2. The second kappa shape index (κ2) is 18.8. The molecule has 0 aromatic heterocycles. The number of aliphatic hydroxyl groups excluding tert-OH is 3. The molecule has 0 heterocycles. The molecule has 0 rings (SSSR count). The minimum atomic E-state index is -0.831.